The zero-order chi connectivity index (χ0) is 13.9. The highest BCUT2D eigenvalue weighted by molar-refractivity contribution is 5.95. The number of piperazine rings is 1. The molecule has 2 heterocycles. The van der Waals surface area contributed by atoms with Crippen molar-refractivity contribution in [2.75, 3.05) is 6.54 Å². The summed E-state index contributed by atoms with van der Waals surface area (Å²) in [4.78, 5) is 25.9. The summed E-state index contributed by atoms with van der Waals surface area (Å²) in [5.41, 5.74) is 1.68. The highest BCUT2D eigenvalue weighted by atomic mass is 16.3. The number of rotatable bonds is 3. The van der Waals surface area contributed by atoms with E-state index in [9.17, 15) is 9.59 Å². The Morgan fingerprint density at radius 1 is 1.20 bits per heavy atom. The Labute approximate surface area is 116 Å². The van der Waals surface area contributed by atoms with Gasteiger partial charge in [0.15, 0.2) is 0 Å². The van der Waals surface area contributed by atoms with Crippen LogP contribution in [0.5, 0.6) is 0 Å². The van der Waals surface area contributed by atoms with Gasteiger partial charge in [-0.1, -0.05) is 30.3 Å². The minimum Gasteiger partial charge on any atom is -0.472 e. The molecule has 1 fully saturated rings. The smallest absolute Gasteiger partial charge is 0.247 e. The van der Waals surface area contributed by atoms with Crippen LogP contribution in [-0.2, 0) is 16.1 Å². The monoisotopic (exact) mass is 270 g/mol. The lowest BCUT2D eigenvalue weighted by Crippen LogP contribution is -2.53. The molecular formula is C15H14N2O3. The van der Waals surface area contributed by atoms with Crippen molar-refractivity contribution >= 4 is 11.8 Å². The molecular weight excluding hydrogens is 256 g/mol. The summed E-state index contributed by atoms with van der Waals surface area (Å²) in [6, 6.07) is 10.5. The maximum absolute atomic E-state index is 12.2. The minimum atomic E-state index is -0.590. The number of nitrogens with zero attached hydrogens (tertiary/aromatic N) is 1. The molecule has 1 aliphatic heterocycles. The van der Waals surface area contributed by atoms with Crippen LogP contribution in [0, 0.1) is 0 Å². The SMILES string of the molecule is O=C1NCC(=O)N(Cc2ccoc2)C1c1ccccc1. The van der Waals surface area contributed by atoms with Crippen LogP contribution >= 0.6 is 0 Å². The number of amides is 2. The molecule has 0 saturated carbocycles. The van der Waals surface area contributed by atoms with E-state index < -0.39 is 6.04 Å². The molecule has 1 N–H and O–H groups in total. The van der Waals surface area contributed by atoms with Gasteiger partial charge in [-0.25, -0.2) is 0 Å². The van der Waals surface area contributed by atoms with Crippen molar-refractivity contribution in [2.45, 2.75) is 12.6 Å². The third-order valence-corrected chi connectivity index (χ3v) is 3.34. The predicted molar refractivity (Wildman–Crippen MR) is 71.5 cm³/mol. The van der Waals surface area contributed by atoms with E-state index in [1.165, 1.54) is 0 Å². The number of benzene rings is 1. The Kier molecular flexibility index (Phi) is 3.25. The maximum Gasteiger partial charge on any atom is 0.247 e. The first-order chi connectivity index (χ1) is 9.75. The summed E-state index contributed by atoms with van der Waals surface area (Å²) in [5.74, 6) is -0.251. The molecule has 1 atom stereocenters. The molecule has 5 heteroatoms. The van der Waals surface area contributed by atoms with Crippen molar-refractivity contribution in [3.63, 3.8) is 0 Å². The molecule has 1 unspecified atom stereocenters. The first-order valence-corrected chi connectivity index (χ1v) is 6.39. The first-order valence-electron chi connectivity index (χ1n) is 6.39. The molecule has 102 valence electrons. The Hall–Kier alpha value is -2.56. The Morgan fingerprint density at radius 3 is 2.70 bits per heavy atom. The van der Waals surface area contributed by atoms with Crippen molar-refractivity contribution in [3.8, 4) is 0 Å². The van der Waals surface area contributed by atoms with Crippen LogP contribution in [0.1, 0.15) is 17.2 Å². The average Bonchev–Trinajstić information content (AvgIpc) is 2.97. The van der Waals surface area contributed by atoms with Gasteiger partial charge in [-0.15, -0.1) is 0 Å². The zero-order valence-corrected chi connectivity index (χ0v) is 10.8. The topological polar surface area (TPSA) is 62.6 Å². The van der Waals surface area contributed by atoms with E-state index in [2.05, 4.69) is 5.32 Å². The van der Waals surface area contributed by atoms with Gasteiger partial charge in [0.25, 0.3) is 0 Å². The third kappa shape index (κ3) is 2.30. The van der Waals surface area contributed by atoms with E-state index in [0.717, 1.165) is 11.1 Å². The molecule has 0 spiro atoms. The van der Waals surface area contributed by atoms with Crippen LogP contribution in [0.25, 0.3) is 0 Å². The van der Waals surface area contributed by atoms with E-state index in [4.69, 9.17) is 4.42 Å². The van der Waals surface area contributed by atoms with Gasteiger partial charge in [0.2, 0.25) is 11.8 Å². The van der Waals surface area contributed by atoms with E-state index in [1.54, 1.807) is 23.5 Å². The number of furan rings is 1. The van der Waals surface area contributed by atoms with Crippen molar-refractivity contribution in [3.05, 3.63) is 60.1 Å². The normalized spacial score (nSPS) is 19.0. The fourth-order valence-corrected chi connectivity index (χ4v) is 2.37. The summed E-state index contributed by atoms with van der Waals surface area (Å²) in [6.07, 6.45) is 3.14. The molecule has 2 aromatic rings. The lowest BCUT2D eigenvalue weighted by molar-refractivity contribution is -0.146. The van der Waals surface area contributed by atoms with Crippen molar-refractivity contribution in [1.82, 2.24) is 10.2 Å². The molecule has 1 aliphatic rings. The molecule has 0 bridgehead atoms. The average molecular weight is 270 g/mol. The second kappa shape index (κ2) is 5.21. The molecule has 1 aromatic carbocycles. The van der Waals surface area contributed by atoms with Crippen LogP contribution in [0.4, 0.5) is 0 Å². The molecule has 1 saturated heterocycles. The summed E-state index contributed by atoms with van der Waals surface area (Å²) >= 11 is 0. The second-order valence-corrected chi connectivity index (χ2v) is 4.68. The van der Waals surface area contributed by atoms with Gasteiger partial charge in [-0.3, -0.25) is 9.59 Å². The summed E-state index contributed by atoms with van der Waals surface area (Å²) in [5, 5.41) is 2.64. The maximum atomic E-state index is 12.2. The highest BCUT2D eigenvalue weighted by Crippen LogP contribution is 2.25. The number of hydrogen-bond donors (Lipinski definition) is 1. The molecule has 20 heavy (non-hydrogen) atoms. The number of hydrogen-bond acceptors (Lipinski definition) is 3. The molecule has 1 aromatic heterocycles. The zero-order valence-electron chi connectivity index (χ0n) is 10.8. The number of carbonyl (C=O) groups excluding carboxylic acids is 2. The van der Waals surface area contributed by atoms with Gasteiger partial charge in [0, 0.05) is 5.56 Å². The molecule has 0 radical (unpaired) electrons. The van der Waals surface area contributed by atoms with Crippen LogP contribution < -0.4 is 5.32 Å². The summed E-state index contributed by atoms with van der Waals surface area (Å²) < 4.78 is 5.02. The second-order valence-electron chi connectivity index (χ2n) is 4.68. The molecule has 3 rings (SSSR count). The Balaban J connectivity index is 1.93. The van der Waals surface area contributed by atoms with E-state index in [-0.39, 0.29) is 18.4 Å². The summed E-state index contributed by atoms with van der Waals surface area (Å²) in [7, 11) is 0. The lowest BCUT2D eigenvalue weighted by atomic mass is 10.0. The fourth-order valence-electron chi connectivity index (χ4n) is 2.37. The largest absolute Gasteiger partial charge is 0.472 e. The first kappa shape index (κ1) is 12.5. The molecule has 0 aliphatic carbocycles. The van der Waals surface area contributed by atoms with Crippen molar-refractivity contribution in [2.24, 2.45) is 0 Å². The highest BCUT2D eigenvalue weighted by Gasteiger charge is 2.35. The summed E-state index contributed by atoms with van der Waals surface area (Å²) in [6.45, 7) is 0.405. The van der Waals surface area contributed by atoms with Gasteiger partial charge in [0.1, 0.15) is 6.04 Å². The number of nitrogens with one attached hydrogen (secondary N) is 1. The fraction of sp³-hybridized carbons (Fsp3) is 0.200. The van der Waals surface area contributed by atoms with E-state index >= 15 is 0 Å². The lowest BCUT2D eigenvalue weighted by Gasteiger charge is -2.34. The van der Waals surface area contributed by atoms with Crippen LogP contribution in [0.2, 0.25) is 0 Å². The third-order valence-electron chi connectivity index (χ3n) is 3.34. The minimum absolute atomic E-state index is 0.0417. The van der Waals surface area contributed by atoms with Gasteiger partial charge < -0.3 is 14.6 Å². The van der Waals surface area contributed by atoms with E-state index in [1.807, 2.05) is 30.3 Å². The quantitative estimate of drug-likeness (QED) is 0.919. The van der Waals surface area contributed by atoms with Gasteiger partial charge in [0.05, 0.1) is 25.6 Å². The van der Waals surface area contributed by atoms with Gasteiger partial charge in [-0.2, -0.15) is 0 Å². The van der Waals surface area contributed by atoms with Crippen LogP contribution in [0.3, 0.4) is 0 Å². The van der Waals surface area contributed by atoms with Gasteiger partial charge in [-0.05, 0) is 11.6 Å². The van der Waals surface area contributed by atoms with E-state index in [0.29, 0.717) is 6.54 Å². The van der Waals surface area contributed by atoms with Crippen molar-refractivity contribution in [1.29, 1.82) is 0 Å². The predicted octanol–water partition coefficient (Wildman–Crippen LogP) is 1.48. The van der Waals surface area contributed by atoms with Crippen LogP contribution in [-0.4, -0.2) is 23.3 Å². The molecule has 5 nitrogen and oxygen atoms in total. The van der Waals surface area contributed by atoms with Gasteiger partial charge >= 0.3 is 0 Å². The molecule has 2 amide bonds. The standard InChI is InChI=1S/C15H14N2O3/c18-13-8-16-15(19)14(12-4-2-1-3-5-12)17(13)9-11-6-7-20-10-11/h1-7,10,14H,8-9H2,(H,16,19). The van der Waals surface area contributed by atoms with Crippen LogP contribution in [0.15, 0.2) is 53.3 Å². The van der Waals surface area contributed by atoms with Crippen molar-refractivity contribution < 1.29 is 14.0 Å². The number of carbonyl (C=O) groups is 2. The Morgan fingerprint density at radius 2 is 2.00 bits per heavy atom. The Bertz CT molecular complexity index is 607.